The summed E-state index contributed by atoms with van der Waals surface area (Å²) in [7, 11) is 1.39. The third-order valence-electron chi connectivity index (χ3n) is 2.01. The molecule has 0 bridgehead atoms. The number of hydrogen-bond acceptors (Lipinski definition) is 4. The van der Waals surface area contributed by atoms with E-state index in [0.717, 1.165) is 19.3 Å². The molecule has 0 amide bonds. The maximum atomic E-state index is 10.8. The van der Waals surface area contributed by atoms with Gasteiger partial charge in [-0.15, -0.1) is 0 Å². The van der Waals surface area contributed by atoms with Gasteiger partial charge in [-0.05, 0) is 12.8 Å². The van der Waals surface area contributed by atoms with E-state index >= 15 is 0 Å². The molecule has 1 aromatic rings. The molecular weight excluding hydrogens is 198 g/mol. The van der Waals surface area contributed by atoms with Crippen molar-refractivity contribution in [3.05, 3.63) is 11.8 Å². The number of ether oxygens (including phenoxy) is 1. The van der Waals surface area contributed by atoms with E-state index < -0.39 is 0 Å². The smallest absolute Gasteiger partial charge is 0.305 e. The Balaban J connectivity index is 2.07. The lowest BCUT2D eigenvalue weighted by molar-refractivity contribution is -0.767. The molecule has 0 fully saturated rings. The fourth-order valence-corrected chi connectivity index (χ4v) is 1.21. The summed E-state index contributed by atoms with van der Waals surface area (Å²) in [5, 5.41) is 10.7. The average molecular weight is 213 g/mol. The van der Waals surface area contributed by atoms with Gasteiger partial charge in [0, 0.05) is 12.8 Å². The number of carbonyl (C=O) groups excluding carboxylic acids is 1. The van der Waals surface area contributed by atoms with Crippen LogP contribution in [0.2, 0.25) is 0 Å². The van der Waals surface area contributed by atoms with E-state index in [-0.39, 0.29) is 11.5 Å². The normalized spacial score (nSPS) is 10.2. The van der Waals surface area contributed by atoms with Gasteiger partial charge in [-0.2, -0.15) is 0 Å². The number of hydrogen-bond donors (Lipinski definition) is 1. The van der Waals surface area contributed by atoms with Gasteiger partial charge < -0.3 is 9.26 Å². The van der Waals surface area contributed by atoms with Crippen LogP contribution in [0.15, 0.2) is 10.7 Å². The number of aromatic nitrogens is 2. The number of rotatable bonds is 6. The van der Waals surface area contributed by atoms with Crippen LogP contribution in [0.25, 0.3) is 0 Å². The molecule has 0 aliphatic carbocycles. The molecule has 1 rings (SSSR count). The second-order valence-electron chi connectivity index (χ2n) is 3.22. The fourth-order valence-electron chi connectivity index (χ4n) is 1.21. The molecule has 0 atom stereocenters. The molecule has 84 valence electrons. The van der Waals surface area contributed by atoms with E-state index in [9.17, 15) is 4.79 Å². The van der Waals surface area contributed by atoms with E-state index in [0.29, 0.717) is 13.0 Å². The first-order valence-electron chi connectivity index (χ1n) is 4.87. The molecule has 1 N–H and O–H groups in total. The number of carbonyl (C=O) groups is 1. The van der Waals surface area contributed by atoms with Gasteiger partial charge in [0.15, 0.2) is 0 Å². The minimum absolute atomic E-state index is 0.0598. The Morgan fingerprint density at radius 3 is 3.00 bits per heavy atom. The number of esters is 1. The van der Waals surface area contributed by atoms with Crippen molar-refractivity contribution in [1.29, 1.82) is 5.41 Å². The Hall–Kier alpha value is -1.59. The topological polar surface area (TPSA) is 81.3 Å². The minimum atomic E-state index is -0.169. The third kappa shape index (κ3) is 4.44. The molecule has 0 aliphatic heterocycles. The maximum absolute atomic E-state index is 10.8. The molecule has 0 aromatic carbocycles. The largest absolute Gasteiger partial charge is 0.487 e. The van der Waals surface area contributed by atoms with Gasteiger partial charge in [-0.25, -0.2) is 4.68 Å². The SMILES string of the molecule is COC(=O)CCCCC[n+]1cc(=N)o[n-]1. The van der Waals surface area contributed by atoms with Crippen LogP contribution in [0.3, 0.4) is 0 Å². The van der Waals surface area contributed by atoms with Crippen LogP contribution in [0, 0.1) is 5.41 Å². The summed E-state index contributed by atoms with van der Waals surface area (Å²) in [6.45, 7) is 0.712. The van der Waals surface area contributed by atoms with Crippen molar-refractivity contribution in [3.8, 4) is 0 Å². The van der Waals surface area contributed by atoms with Crippen molar-refractivity contribution < 1.29 is 18.7 Å². The van der Waals surface area contributed by atoms with Crippen molar-refractivity contribution >= 4 is 5.97 Å². The van der Waals surface area contributed by atoms with Gasteiger partial charge >= 0.3 is 5.97 Å². The number of methoxy groups -OCH3 is 1. The van der Waals surface area contributed by atoms with Gasteiger partial charge in [-0.1, -0.05) is 0 Å². The summed E-state index contributed by atoms with van der Waals surface area (Å²) < 4.78 is 10.7. The lowest BCUT2D eigenvalue weighted by Crippen LogP contribution is -2.37. The van der Waals surface area contributed by atoms with Gasteiger partial charge in [0.1, 0.15) is 6.54 Å². The summed E-state index contributed by atoms with van der Waals surface area (Å²) in [5.41, 5.74) is 0.0598. The van der Waals surface area contributed by atoms with Gasteiger partial charge in [0.05, 0.1) is 7.11 Å². The lowest BCUT2D eigenvalue weighted by Gasteiger charge is -1.99. The highest BCUT2D eigenvalue weighted by Gasteiger charge is 2.00. The first-order valence-corrected chi connectivity index (χ1v) is 4.87. The van der Waals surface area contributed by atoms with E-state index in [2.05, 4.69) is 14.5 Å². The average Bonchev–Trinajstić information content (AvgIpc) is 2.63. The molecule has 1 heterocycles. The summed E-state index contributed by atoms with van der Waals surface area (Å²) in [5.74, 6) is -0.169. The zero-order chi connectivity index (χ0) is 11.1. The van der Waals surface area contributed by atoms with E-state index in [1.165, 1.54) is 13.3 Å². The van der Waals surface area contributed by atoms with Crippen LogP contribution in [0.4, 0.5) is 0 Å². The van der Waals surface area contributed by atoms with Crippen molar-refractivity contribution in [2.24, 2.45) is 0 Å². The zero-order valence-electron chi connectivity index (χ0n) is 8.73. The van der Waals surface area contributed by atoms with E-state index in [1.807, 2.05) is 0 Å². The number of aryl methyl sites for hydroxylation is 1. The molecule has 0 spiro atoms. The first-order chi connectivity index (χ1) is 7.22. The van der Waals surface area contributed by atoms with Crippen LogP contribution in [0.5, 0.6) is 0 Å². The van der Waals surface area contributed by atoms with Crippen LogP contribution < -0.4 is 15.5 Å². The quantitative estimate of drug-likeness (QED) is 0.401. The predicted octanol–water partition coefficient (Wildman–Crippen LogP) is -0.263. The van der Waals surface area contributed by atoms with Crippen molar-refractivity contribution in [1.82, 2.24) is 5.27 Å². The second-order valence-corrected chi connectivity index (χ2v) is 3.22. The molecule has 0 radical (unpaired) electrons. The van der Waals surface area contributed by atoms with E-state index in [1.54, 1.807) is 4.68 Å². The van der Waals surface area contributed by atoms with Crippen LogP contribution in [-0.4, -0.2) is 13.1 Å². The van der Waals surface area contributed by atoms with Crippen molar-refractivity contribution in [2.45, 2.75) is 32.2 Å². The highest BCUT2D eigenvalue weighted by molar-refractivity contribution is 5.68. The van der Waals surface area contributed by atoms with Gasteiger partial charge in [0.2, 0.25) is 6.20 Å². The van der Waals surface area contributed by atoms with Crippen molar-refractivity contribution in [3.63, 3.8) is 0 Å². The molecular formula is C9H15N3O3. The summed E-state index contributed by atoms with van der Waals surface area (Å²) in [6, 6.07) is 0. The van der Waals surface area contributed by atoms with Crippen LogP contribution >= 0.6 is 0 Å². The molecule has 6 heteroatoms. The Morgan fingerprint density at radius 1 is 1.60 bits per heavy atom. The molecule has 0 saturated heterocycles. The molecule has 15 heavy (non-hydrogen) atoms. The third-order valence-corrected chi connectivity index (χ3v) is 2.01. The maximum Gasteiger partial charge on any atom is 0.305 e. The zero-order valence-corrected chi connectivity index (χ0v) is 8.73. The van der Waals surface area contributed by atoms with Crippen molar-refractivity contribution in [2.75, 3.05) is 7.11 Å². The van der Waals surface area contributed by atoms with Crippen LogP contribution in [0.1, 0.15) is 25.7 Å². The fraction of sp³-hybridized carbons (Fsp3) is 0.667. The predicted molar refractivity (Wildman–Crippen MR) is 48.6 cm³/mol. The summed E-state index contributed by atoms with van der Waals surface area (Å²) >= 11 is 0. The molecule has 0 saturated carbocycles. The standard InChI is InChI=1S/C9H15N3O3/c1-14-9(13)5-3-2-4-6-12-7-8(10)15-11-12/h7,10H,2-6H2,1H3. The Bertz CT molecular complexity index is 355. The number of nitrogens with zero attached hydrogens (tertiary/aromatic N) is 2. The summed E-state index contributed by atoms with van der Waals surface area (Å²) in [6.07, 6.45) is 4.65. The first kappa shape index (κ1) is 11.5. The Labute approximate surface area is 87.3 Å². The lowest BCUT2D eigenvalue weighted by atomic mass is 10.2. The highest BCUT2D eigenvalue weighted by atomic mass is 16.5. The van der Waals surface area contributed by atoms with Crippen LogP contribution in [-0.2, 0) is 16.1 Å². The second kappa shape index (κ2) is 6.00. The summed E-state index contributed by atoms with van der Waals surface area (Å²) in [4.78, 5) is 10.8. The molecule has 1 aromatic heterocycles. The van der Waals surface area contributed by atoms with Gasteiger partial charge in [0.25, 0.3) is 5.55 Å². The molecule has 0 aliphatic rings. The molecule has 6 nitrogen and oxygen atoms in total. The monoisotopic (exact) mass is 213 g/mol. The Kier molecular flexibility index (Phi) is 4.59. The minimum Gasteiger partial charge on any atom is -0.487 e. The van der Waals surface area contributed by atoms with Gasteiger partial charge in [-0.3, -0.25) is 15.5 Å². The number of unbranched alkanes of at least 4 members (excludes halogenated alkanes) is 2. The molecule has 0 unspecified atom stereocenters. The number of nitrogens with one attached hydrogen (secondary N) is 1. The van der Waals surface area contributed by atoms with E-state index in [4.69, 9.17) is 5.41 Å². The Morgan fingerprint density at radius 2 is 2.40 bits per heavy atom. The highest BCUT2D eigenvalue weighted by Crippen LogP contribution is 2.00.